The monoisotopic (exact) mass is 580 g/mol. The van der Waals surface area contributed by atoms with Crippen LogP contribution in [0.2, 0.25) is 0 Å². The standard InChI is InChI=1S/C31H48N8O3/c1-21-12-14-23(15-13-21)18-24(29(41)39-27(28(34)40)11-5-6-16-32)20-25(10-7-17-37-31(35)36)38-30(42)26(33)19-22-8-3-2-4-9-22/h2-4,8-9,12-15,24-27H,5-7,10-11,16-20,32-33H2,1H3,(H2,34,40)(H,38,42)(H,39,41)(H4,35,36,37). The third-order valence-corrected chi connectivity index (χ3v) is 7.14. The topological polar surface area (TPSA) is 218 Å². The van der Waals surface area contributed by atoms with Crippen molar-refractivity contribution in [3.05, 3.63) is 71.3 Å². The number of nitrogens with zero attached hydrogens (tertiary/aromatic N) is 1. The number of aliphatic imine (C=N–C) groups is 1. The molecule has 0 radical (unpaired) electrons. The largest absolute Gasteiger partial charge is 0.370 e. The second kappa shape index (κ2) is 18.5. The van der Waals surface area contributed by atoms with E-state index in [0.29, 0.717) is 58.0 Å². The van der Waals surface area contributed by atoms with Crippen LogP contribution in [0, 0.1) is 12.8 Å². The molecule has 4 unspecified atom stereocenters. The molecule has 0 aliphatic heterocycles. The second-order valence-electron chi connectivity index (χ2n) is 10.8. The number of nitrogens with two attached hydrogens (primary N) is 5. The SMILES string of the molecule is Cc1ccc(CC(CC(CCCN=C(N)N)NC(=O)C(N)Cc2ccccc2)C(=O)NC(CCCCN)C(N)=O)cc1. The Morgan fingerprint density at radius 2 is 1.48 bits per heavy atom. The highest BCUT2D eigenvalue weighted by atomic mass is 16.2. The minimum Gasteiger partial charge on any atom is -0.370 e. The van der Waals surface area contributed by atoms with Gasteiger partial charge < -0.3 is 39.3 Å². The van der Waals surface area contributed by atoms with Crippen molar-refractivity contribution in [3.63, 3.8) is 0 Å². The predicted octanol–water partition coefficient (Wildman–Crippen LogP) is 0.751. The lowest BCUT2D eigenvalue weighted by Crippen LogP contribution is -2.50. The number of hydrogen-bond donors (Lipinski definition) is 7. The van der Waals surface area contributed by atoms with Gasteiger partial charge in [-0.2, -0.15) is 0 Å². The van der Waals surface area contributed by atoms with Crippen molar-refractivity contribution in [2.45, 2.75) is 76.4 Å². The molecule has 12 N–H and O–H groups in total. The maximum atomic E-state index is 13.6. The van der Waals surface area contributed by atoms with E-state index in [2.05, 4.69) is 15.6 Å². The Balaban J connectivity index is 2.25. The Morgan fingerprint density at radius 1 is 0.810 bits per heavy atom. The van der Waals surface area contributed by atoms with E-state index in [1.165, 1.54) is 0 Å². The highest BCUT2D eigenvalue weighted by molar-refractivity contribution is 5.88. The minimum absolute atomic E-state index is 0.00998. The molecule has 2 aromatic rings. The number of hydrogen-bond acceptors (Lipinski definition) is 6. The number of nitrogens with one attached hydrogen (secondary N) is 2. The number of benzene rings is 2. The molecule has 0 aliphatic carbocycles. The zero-order chi connectivity index (χ0) is 30.9. The van der Waals surface area contributed by atoms with Crippen LogP contribution in [0.25, 0.3) is 0 Å². The number of amides is 3. The molecule has 2 aromatic carbocycles. The quantitative estimate of drug-likeness (QED) is 0.0717. The van der Waals surface area contributed by atoms with Gasteiger partial charge in [0.15, 0.2) is 5.96 Å². The predicted molar refractivity (Wildman–Crippen MR) is 167 cm³/mol. The van der Waals surface area contributed by atoms with Crippen LogP contribution in [-0.4, -0.2) is 54.9 Å². The molecule has 0 heterocycles. The Kier molecular flexibility index (Phi) is 15.1. The molecule has 0 spiro atoms. The van der Waals surface area contributed by atoms with Crippen LogP contribution < -0.4 is 39.3 Å². The van der Waals surface area contributed by atoms with Crippen LogP contribution in [0.4, 0.5) is 0 Å². The average Bonchev–Trinajstić information content (AvgIpc) is 2.95. The van der Waals surface area contributed by atoms with Crippen molar-refractivity contribution in [1.82, 2.24) is 10.6 Å². The number of aryl methyl sites for hydroxylation is 1. The van der Waals surface area contributed by atoms with Crippen molar-refractivity contribution in [2.24, 2.45) is 39.6 Å². The molecule has 3 amide bonds. The van der Waals surface area contributed by atoms with Gasteiger partial charge in [-0.3, -0.25) is 19.4 Å². The molecule has 0 aromatic heterocycles. The lowest BCUT2D eigenvalue weighted by atomic mass is 9.89. The molecule has 230 valence electrons. The molecular formula is C31H48N8O3. The zero-order valence-corrected chi connectivity index (χ0v) is 24.6. The summed E-state index contributed by atoms with van der Waals surface area (Å²) < 4.78 is 0. The van der Waals surface area contributed by atoms with Crippen LogP contribution in [0.1, 0.15) is 55.2 Å². The summed E-state index contributed by atoms with van der Waals surface area (Å²) in [7, 11) is 0. The molecule has 2 rings (SSSR count). The molecule has 0 aliphatic rings. The van der Waals surface area contributed by atoms with Crippen molar-refractivity contribution in [2.75, 3.05) is 13.1 Å². The first-order valence-corrected chi connectivity index (χ1v) is 14.6. The van der Waals surface area contributed by atoms with Gasteiger partial charge >= 0.3 is 0 Å². The fourth-order valence-electron chi connectivity index (χ4n) is 4.77. The molecule has 0 saturated carbocycles. The Morgan fingerprint density at radius 3 is 2.10 bits per heavy atom. The first-order valence-electron chi connectivity index (χ1n) is 14.6. The number of rotatable bonds is 19. The summed E-state index contributed by atoms with van der Waals surface area (Å²) in [4.78, 5) is 43.0. The van der Waals surface area contributed by atoms with Gasteiger partial charge in [0.25, 0.3) is 0 Å². The van der Waals surface area contributed by atoms with Gasteiger partial charge in [-0.25, -0.2) is 0 Å². The lowest BCUT2D eigenvalue weighted by molar-refractivity contribution is -0.130. The van der Waals surface area contributed by atoms with Gasteiger partial charge in [-0.05, 0) is 76.0 Å². The van der Waals surface area contributed by atoms with E-state index in [4.69, 9.17) is 28.7 Å². The van der Waals surface area contributed by atoms with Crippen LogP contribution in [0.3, 0.4) is 0 Å². The smallest absolute Gasteiger partial charge is 0.239 e. The number of primary amides is 1. The summed E-state index contributed by atoms with van der Waals surface area (Å²) in [5.41, 5.74) is 31.5. The van der Waals surface area contributed by atoms with E-state index in [-0.39, 0.29) is 23.8 Å². The normalized spacial score (nSPS) is 13.8. The molecule has 0 bridgehead atoms. The molecule has 11 heteroatoms. The first kappa shape index (κ1) is 34.2. The van der Waals surface area contributed by atoms with E-state index >= 15 is 0 Å². The van der Waals surface area contributed by atoms with Gasteiger partial charge in [0.1, 0.15) is 6.04 Å². The van der Waals surface area contributed by atoms with Crippen LogP contribution in [-0.2, 0) is 27.2 Å². The summed E-state index contributed by atoms with van der Waals surface area (Å²) in [5.74, 6) is -1.77. The Labute approximate surface area is 249 Å². The van der Waals surface area contributed by atoms with Crippen molar-refractivity contribution in [3.8, 4) is 0 Å². The zero-order valence-electron chi connectivity index (χ0n) is 24.6. The fraction of sp³-hybridized carbons (Fsp3) is 0.484. The van der Waals surface area contributed by atoms with Crippen molar-refractivity contribution < 1.29 is 14.4 Å². The summed E-state index contributed by atoms with van der Waals surface area (Å²) in [6.45, 7) is 2.86. The number of unbranched alkanes of at least 4 members (excludes halogenated alkanes) is 1. The highest BCUT2D eigenvalue weighted by Gasteiger charge is 2.28. The van der Waals surface area contributed by atoms with Crippen LogP contribution in [0.15, 0.2) is 59.6 Å². The first-order chi connectivity index (χ1) is 20.1. The molecule has 42 heavy (non-hydrogen) atoms. The van der Waals surface area contributed by atoms with Gasteiger partial charge in [0.2, 0.25) is 17.7 Å². The minimum atomic E-state index is -0.807. The van der Waals surface area contributed by atoms with Crippen LogP contribution in [0.5, 0.6) is 0 Å². The van der Waals surface area contributed by atoms with E-state index < -0.39 is 23.9 Å². The third-order valence-electron chi connectivity index (χ3n) is 7.14. The van der Waals surface area contributed by atoms with Crippen molar-refractivity contribution >= 4 is 23.7 Å². The van der Waals surface area contributed by atoms with Gasteiger partial charge in [0, 0.05) is 18.5 Å². The highest BCUT2D eigenvalue weighted by Crippen LogP contribution is 2.19. The molecule has 11 nitrogen and oxygen atoms in total. The fourth-order valence-corrected chi connectivity index (χ4v) is 4.77. The van der Waals surface area contributed by atoms with E-state index in [1.807, 2.05) is 61.5 Å². The number of guanidine groups is 1. The maximum Gasteiger partial charge on any atom is 0.239 e. The van der Waals surface area contributed by atoms with Gasteiger partial charge in [-0.1, -0.05) is 60.2 Å². The molecule has 0 saturated heterocycles. The molecular weight excluding hydrogens is 532 g/mol. The molecule has 4 atom stereocenters. The third kappa shape index (κ3) is 13.1. The Hall–Kier alpha value is -3.96. The van der Waals surface area contributed by atoms with E-state index in [9.17, 15) is 14.4 Å². The lowest BCUT2D eigenvalue weighted by Gasteiger charge is -2.27. The Bertz CT molecular complexity index is 1140. The van der Waals surface area contributed by atoms with Crippen LogP contribution >= 0.6 is 0 Å². The number of carbonyl (C=O) groups excluding carboxylic acids is 3. The molecule has 0 fully saturated rings. The summed E-state index contributed by atoms with van der Waals surface area (Å²) in [6.07, 6.45) is 4.00. The van der Waals surface area contributed by atoms with E-state index in [1.54, 1.807) is 0 Å². The van der Waals surface area contributed by atoms with Gasteiger partial charge in [-0.15, -0.1) is 0 Å². The number of carbonyl (C=O) groups is 3. The average molecular weight is 581 g/mol. The maximum absolute atomic E-state index is 13.6. The summed E-state index contributed by atoms with van der Waals surface area (Å²) in [6, 6.07) is 15.5. The van der Waals surface area contributed by atoms with Crippen molar-refractivity contribution in [1.29, 1.82) is 0 Å². The van der Waals surface area contributed by atoms with E-state index in [0.717, 1.165) is 23.1 Å². The van der Waals surface area contributed by atoms with Gasteiger partial charge in [0.05, 0.1) is 6.04 Å². The second-order valence-corrected chi connectivity index (χ2v) is 10.8. The summed E-state index contributed by atoms with van der Waals surface area (Å²) >= 11 is 0. The summed E-state index contributed by atoms with van der Waals surface area (Å²) in [5, 5.41) is 5.92.